The molecule has 5 nitrogen and oxygen atoms in total. The van der Waals surface area contributed by atoms with Crippen molar-refractivity contribution in [2.45, 2.75) is 26.5 Å². The Hall–Kier alpha value is -2.18. The van der Waals surface area contributed by atoms with Gasteiger partial charge in [-0.05, 0) is 42.7 Å². The summed E-state index contributed by atoms with van der Waals surface area (Å²) in [5.74, 6) is 0.274. The Kier molecular flexibility index (Phi) is 7.63. The average Bonchev–Trinajstić information content (AvgIpc) is 2.62. The van der Waals surface area contributed by atoms with Gasteiger partial charge in [0.05, 0.1) is 13.2 Å². The first kappa shape index (κ1) is 19.1. The second-order valence-corrected chi connectivity index (χ2v) is 5.83. The highest BCUT2D eigenvalue weighted by atomic mass is 35.5. The zero-order valence-corrected chi connectivity index (χ0v) is 14.9. The molecule has 0 aliphatic carbocycles. The van der Waals surface area contributed by atoms with E-state index in [0.717, 1.165) is 24.1 Å². The van der Waals surface area contributed by atoms with Crippen LogP contribution in [-0.4, -0.2) is 29.1 Å². The fraction of sp³-hybridized carbons (Fsp3) is 0.333. The van der Waals surface area contributed by atoms with E-state index < -0.39 is 5.82 Å². The summed E-state index contributed by atoms with van der Waals surface area (Å²) >= 11 is 5.77. The van der Waals surface area contributed by atoms with E-state index in [1.165, 1.54) is 6.07 Å². The predicted molar refractivity (Wildman–Crippen MR) is 98.1 cm³/mol. The van der Waals surface area contributed by atoms with Gasteiger partial charge in [0.15, 0.2) is 5.96 Å². The Bertz CT molecular complexity index is 707. The molecule has 0 amide bonds. The van der Waals surface area contributed by atoms with Crippen molar-refractivity contribution in [3.63, 3.8) is 0 Å². The van der Waals surface area contributed by atoms with Gasteiger partial charge in [0.1, 0.15) is 11.0 Å². The van der Waals surface area contributed by atoms with Crippen molar-refractivity contribution >= 4 is 17.6 Å². The fourth-order valence-electron chi connectivity index (χ4n) is 2.24. The van der Waals surface area contributed by atoms with Gasteiger partial charge < -0.3 is 15.7 Å². The van der Waals surface area contributed by atoms with Gasteiger partial charge in [-0.15, -0.1) is 0 Å². The molecule has 25 heavy (non-hydrogen) atoms. The molecule has 0 atom stereocenters. The fourth-order valence-corrected chi connectivity index (χ4v) is 2.35. The van der Waals surface area contributed by atoms with Crippen LogP contribution in [0.5, 0.6) is 0 Å². The molecule has 2 aromatic rings. The summed E-state index contributed by atoms with van der Waals surface area (Å²) in [7, 11) is 0. The number of nitrogens with one attached hydrogen (secondary N) is 2. The highest BCUT2D eigenvalue weighted by Gasteiger charge is 2.03. The molecular formula is C18H22ClFN4O. The SMILES string of the molecule is CCNC(=NCc1ccc(F)c(CO)c1)NCCc1ccc(Cl)nc1. The van der Waals surface area contributed by atoms with E-state index in [0.29, 0.717) is 24.2 Å². The first-order valence-electron chi connectivity index (χ1n) is 8.13. The van der Waals surface area contributed by atoms with Gasteiger partial charge in [0.25, 0.3) is 0 Å². The van der Waals surface area contributed by atoms with Gasteiger partial charge in [-0.3, -0.25) is 0 Å². The zero-order valence-electron chi connectivity index (χ0n) is 14.1. The molecule has 0 aliphatic rings. The summed E-state index contributed by atoms with van der Waals surface area (Å²) in [4.78, 5) is 8.54. The summed E-state index contributed by atoms with van der Waals surface area (Å²) in [5.41, 5.74) is 2.20. The largest absolute Gasteiger partial charge is 0.392 e. The van der Waals surface area contributed by atoms with Crippen LogP contribution >= 0.6 is 11.6 Å². The minimum atomic E-state index is -0.406. The molecule has 1 heterocycles. The highest BCUT2D eigenvalue weighted by Crippen LogP contribution is 2.11. The molecule has 7 heteroatoms. The first-order valence-corrected chi connectivity index (χ1v) is 8.51. The van der Waals surface area contributed by atoms with Crippen LogP contribution in [0.1, 0.15) is 23.6 Å². The standard InChI is InChI=1S/C18H22ClFN4O/c1-2-21-18(22-8-7-13-4-6-17(19)23-10-13)24-11-14-3-5-16(20)15(9-14)12-25/h3-6,9-10,25H,2,7-8,11-12H2,1H3,(H2,21,22,24). The summed E-state index contributed by atoms with van der Waals surface area (Å²) in [5, 5.41) is 16.0. The van der Waals surface area contributed by atoms with Gasteiger partial charge in [0, 0.05) is 24.8 Å². The maximum atomic E-state index is 13.4. The second-order valence-electron chi connectivity index (χ2n) is 5.44. The van der Waals surface area contributed by atoms with E-state index in [1.54, 1.807) is 24.4 Å². The number of aliphatic imine (C=N–C) groups is 1. The van der Waals surface area contributed by atoms with Crippen LogP contribution in [0, 0.1) is 5.82 Å². The van der Waals surface area contributed by atoms with E-state index >= 15 is 0 Å². The van der Waals surface area contributed by atoms with Gasteiger partial charge in [-0.1, -0.05) is 23.7 Å². The van der Waals surface area contributed by atoms with Crippen LogP contribution in [-0.2, 0) is 19.6 Å². The molecule has 0 saturated heterocycles. The number of pyridine rings is 1. The monoisotopic (exact) mass is 364 g/mol. The normalized spacial score (nSPS) is 11.4. The van der Waals surface area contributed by atoms with Crippen LogP contribution in [0.4, 0.5) is 4.39 Å². The van der Waals surface area contributed by atoms with Crippen LogP contribution in [0.2, 0.25) is 5.15 Å². The van der Waals surface area contributed by atoms with Gasteiger partial charge >= 0.3 is 0 Å². The molecule has 134 valence electrons. The number of aliphatic hydroxyl groups is 1. The van der Waals surface area contributed by atoms with Gasteiger partial charge in [-0.25, -0.2) is 14.4 Å². The smallest absolute Gasteiger partial charge is 0.191 e. The van der Waals surface area contributed by atoms with Crippen molar-refractivity contribution in [1.82, 2.24) is 15.6 Å². The zero-order chi connectivity index (χ0) is 18.1. The van der Waals surface area contributed by atoms with E-state index in [2.05, 4.69) is 20.6 Å². The lowest BCUT2D eigenvalue weighted by Gasteiger charge is -2.11. The molecule has 0 unspecified atom stereocenters. The van der Waals surface area contributed by atoms with E-state index in [9.17, 15) is 4.39 Å². The van der Waals surface area contributed by atoms with Gasteiger partial charge in [0.2, 0.25) is 0 Å². The Labute approximate surface area is 152 Å². The van der Waals surface area contributed by atoms with Crippen molar-refractivity contribution in [2.24, 2.45) is 4.99 Å². The van der Waals surface area contributed by atoms with E-state index in [4.69, 9.17) is 16.7 Å². The Morgan fingerprint density at radius 1 is 1.24 bits per heavy atom. The lowest BCUT2D eigenvalue weighted by atomic mass is 10.1. The molecule has 0 spiro atoms. The topological polar surface area (TPSA) is 69.5 Å². The van der Waals surface area contributed by atoms with Crippen molar-refractivity contribution in [1.29, 1.82) is 0 Å². The average molecular weight is 365 g/mol. The van der Waals surface area contributed by atoms with E-state index in [-0.39, 0.29) is 12.2 Å². The van der Waals surface area contributed by atoms with E-state index in [1.807, 2.05) is 13.0 Å². The maximum Gasteiger partial charge on any atom is 0.191 e. The summed E-state index contributed by atoms with van der Waals surface area (Å²) in [6, 6.07) is 8.35. The molecule has 0 bridgehead atoms. The Balaban J connectivity index is 1.92. The highest BCUT2D eigenvalue weighted by molar-refractivity contribution is 6.29. The minimum absolute atomic E-state index is 0.279. The quantitative estimate of drug-likeness (QED) is 0.401. The molecule has 0 radical (unpaired) electrons. The number of aromatic nitrogens is 1. The summed E-state index contributed by atoms with van der Waals surface area (Å²) < 4.78 is 13.4. The van der Waals surface area contributed by atoms with Crippen LogP contribution < -0.4 is 10.6 Å². The number of guanidine groups is 1. The molecule has 0 saturated carbocycles. The number of nitrogens with zero attached hydrogens (tertiary/aromatic N) is 2. The second kappa shape index (κ2) is 9.96. The molecule has 1 aromatic heterocycles. The molecule has 0 aliphatic heterocycles. The number of halogens is 2. The predicted octanol–water partition coefficient (Wildman–Crippen LogP) is 2.66. The summed E-state index contributed by atoms with van der Waals surface area (Å²) in [6.45, 7) is 3.49. The van der Waals surface area contributed by atoms with Crippen LogP contribution in [0.25, 0.3) is 0 Å². The summed E-state index contributed by atoms with van der Waals surface area (Å²) in [6.07, 6.45) is 2.54. The van der Waals surface area contributed by atoms with Crippen LogP contribution in [0.15, 0.2) is 41.5 Å². The first-order chi connectivity index (χ1) is 12.1. The number of benzene rings is 1. The minimum Gasteiger partial charge on any atom is -0.392 e. The Morgan fingerprint density at radius 3 is 2.72 bits per heavy atom. The third-order valence-electron chi connectivity index (χ3n) is 3.54. The number of hydrogen-bond acceptors (Lipinski definition) is 3. The van der Waals surface area contributed by atoms with Gasteiger partial charge in [-0.2, -0.15) is 0 Å². The van der Waals surface area contributed by atoms with Crippen molar-refractivity contribution in [3.8, 4) is 0 Å². The molecule has 2 rings (SSSR count). The van der Waals surface area contributed by atoms with Crippen molar-refractivity contribution < 1.29 is 9.50 Å². The number of aliphatic hydroxyl groups excluding tert-OH is 1. The number of hydrogen-bond donors (Lipinski definition) is 3. The third-order valence-corrected chi connectivity index (χ3v) is 3.76. The lowest BCUT2D eigenvalue weighted by molar-refractivity contribution is 0.275. The maximum absolute atomic E-state index is 13.4. The van der Waals surface area contributed by atoms with Crippen molar-refractivity contribution in [2.75, 3.05) is 13.1 Å². The van der Waals surface area contributed by atoms with Crippen LogP contribution in [0.3, 0.4) is 0 Å². The number of rotatable bonds is 7. The lowest BCUT2D eigenvalue weighted by Crippen LogP contribution is -2.38. The molecular weight excluding hydrogens is 343 g/mol. The Morgan fingerprint density at radius 2 is 2.04 bits per heavy atom. The molecule has 0 fully saturated rings. The van der Waals surface area contributed by atoms with Crippen molar-refractivity contribution in [3.05, 3.63) is 64.2 Å². The molecule has 1 aromatic carbocycles. The molecule has 3 N–H and O–H groups in total. The third kappa shape index (κ3) is 6.32.